The highest BCUT2D eigenvalue weighted by molar-refractivity contribution is 5.98. The Labute approximate surface area is 333 Å². The van der Waals surface area contributed by atoms with Crippen molar-refractivity contribution in [3.63, 3.8) is 0 Å². The fourth-order valence-corrected chi connectivity index (χ4v) is 7.57. The van der Waals surface area contributed by atoms with Gasteiger partial charge in [-0.2, -0.15) is 5.21 Å². The number of H-pyrrole nitrogens is 1. The Morgan fingerprint density at radius 2 is 1.60 bits per heavy atom. The number of nitrogens with zero attached hydrogens (tertiary/aromatic N) is 5. The number of rotatable bonds is 11. The third-order valence-electron chi connectivity index (χ3n) is 10.4. The van der Waals surface area contributed by atoms with Crippen LogP contribution >= 0.6 is 0 Å². The Bertz CT molecular complexity index is 2000. The maximum atomic E-state index is 13.9. The van der Waals surface area contributed by atoms with Crippen LogP contribution in [0.4, 0.5) is 10.5 Å². The molecule has 15 nitrogen and oxygen atoms in total. The second kappa shape index (κ2) is 18.0. The van der Waals surface area contributed by atoms with Crippen molar-refractivity contribution >= 4 is 29.5 Å². The van der Waals surface area contributed by atoms with Gasteiger partial charge in [0, 0.05) is 67.1 Å². The molecule has 4 amide bonds. The molecule has 3 atom stereocenters. The van der Waals surface area contributed by atoms with Gasteiger partial charge in [-0.1, -0.05) is 24.3 Å². The second-order valence-corrected chi connectivity index (χ2v) is 16.4. The minimum absolute atomic E-state index is 0.0715. The number of anilines is 1. The van der Waals surface area contributed by atoms with Crippen LogP contribution in [0.15, 0.2) is 60.8 Å². The van der Waals surface area contributed by atoms with E-state index < -0.39 is 17.7 Å². The van der Waals surface area contributed by atoms with Crippen LogP contribution in [0.1, 0.15) is 81.9 Å². The van der Waals surface area contributed by atoms with Crippen molar-refractivity contribution in [2.45, 2.75) is 97.4 Å². The van der Waals surface area contributed by atoms with Crippen molar-refractivity contribution < 1.29 is 23.9 Å². The molecule has 3 unspecified atom stereocenters. The highest BCUT2D eigenvalue weighted by atomic mass is 16.6. The molecule has 2 aliphatic rings. The van der Waals surface area contributed by atoms with Crippen LogP contribution in [-0.4, -0.2) is 97.7 Å². The van der Waals surface area contributed by atoms with Gasteiger partial charge in [-0.25, -0.2) is 4.79 Å². The van der Waals surface area contributed by atoms with Crippen molar-refractivity contribution in [3.05, 3.63) is 77.6 Å². The molecule has 1 saturated heterocycles. The highest BCUT2D eigenvalue weighted by Gasteiger charge is 2.31. The number of hydrogen-bond donors (Lipinski definition) is 5. The topological polar surface area (TPSA) is 196 Å². The zero-order chi connectivity index (χ0) is 40.7. The maximum absolute atomic E-state index is 13.9. The number of ether oxygens (including phenoxy) is 1. The van der Waals surface area contributed by atoms with Crippen LogP contribution in [0.2, 0.25) is 0 Å². The van der Waals surface area contributed by atoms with Crippen molar-refractivity contribution in [3.8, 4) is 22.5 Å². The Morgan fingerprint density at radius 3 is 2.21 bits per heavy atom. The van der Waals surface area contributed by atoms with Gasteiger partial charge in [0.15, 0.2) is 0 Å². The van der Waals surface area contributed by atoms with E-state index in [1.807, 2.05) is 62.9 Å². The van der Waals surface area contributed by atoms with Crippen LogP contribution in [0.3, 0.4) is 0 Å². The molecule has 2 aromatic heterocycles. The number of amides is 4. The number of piperazine rings is 1. The van der Waals surface area contributed by atoms with E-state index in [1.54, 1.807) is 30.5 Å². The number of pyridine rings is 1. The summed E-state index contributed by atoms with van der Waals surface area (Å²) in [6, 6.07) is 16.4. The number of aryl methyl sites for hydroxylation is 1. The first-order valence-electron chi connectivity index (χ1n) is 19.7. The van der Waals surface area contributed by atoms with Gasteiger partial charge in [-0.15, -0.1) is 10.2 Å². The summed E-state index contributed by atoms with van der Waals surface area (Å²) in [7, 11) is 0. The normalized spacial score (nSPS) is 20.3. The summed E-state index contributed by atoms with van der Waals surface area (Å²) in [6.07, 6.45) is 4.42. The second-order valence-electron chi connectivity index (χ2n) is 16.4. The number of alkyl carbamates (subject to hydrolysis) is 1. The van der Waals surface area contributed by atoms with Gasteiger partial charge in [-0.05, 0) is 125 Å². The number of hydrogen-bond acceptors (Lipinski definition) is 10. The molecular weight excluding hydrogens is 725 g/mol. The Hall–Kier alpha value is -5.70. The number of aromatic nitrogens is 5. The van der Waals surface area contributed by atoms with Crippen LogP contribution in [0, 0.1) is 18.8 Å². The van der Waals surface area contributed by atoms with Gasteiger partial charge < -0.3 is 30.9 Å². The SMILES string of the molecule is Cc1cc(C(=O)N2CC(C)NC(C)C2)ncc1-c1ccc(CC(NC(=O)C2CCC(CNC(=O)OC(C)(C)C)CC2)C(=O)Nc2ccc(-c3nn[nH]n3)cc2)cc1. The van der Waals surface area contributed by atoms with Crippen molar-refractivity contribution in [1.29, 1.82) is 0 Å². The molecule has 1 saturated carbocycles. The van der Waals surface area contributed by atoms with E-state index in [9.17, 15) is 19.2 Å². The van der Waals surface area contributed by atoms with E-state index in [-0.39, 0.29) is 48.1 Å². The van der Waals surface area contributed by atoms with E-state index >= 15 is 0 Å². The minimum Gasteiger partial charge on any atom is -0.444 e. The number of carbonyl (C=O) groups excluding carboxylic acids is 4. The van der Waals surface area contributed by atoms with E-state index in [0.29, 0.717) is 49.7 Å². The van der Waals surface area contributed by atoms with Gasteiger partial charge in [0.25, 0.3) is 5.91 Å². The van der Waals surface area contributed by atoms with Crippen LogP contribution in [-0.2, 0) is 20.7 Å². The third-order valence-corrected chi connectivity index (χ3v) is 10.4. The first-order valence-corrected chi connectivity index (χ1v) is 19.7. The highest BCUT2D eigenvalue weighted by Crippen LogP contribution is 2.29. The fourth-order valence-electron chi connectivity index (χ4n) is 7.57. The Morgan fingerprint density at radius 1 is 0.930 bits per heavy atom. The molecule has 2 aromatic carbocycles. The minimum atomic E-state index is -0.851. The average Bonchev–Trinajstić information content (AvgIpc) is 3.72. The summed E-state index contributed by atoms with van der Waals surface area (Å²) in [6.45, 7) is 13.4. The number of aromatic amines is 1. The molecule has 0 bridgehead atoms. The van der Waals surface area contributed by atoms with Gasteiger partial charge in [0.1, 0.15) is 17.3 Å². The van der Waals surface area contributed by atoms with Gasteiger partial charge in [0.05, 0.1) is 0 Å². The number of nitrogens with one attached hydrogen (secondary N) is 5. The summed E-state index contributed by atoms with van der Waals surface area (Å²) in [5.41, 5.74) is 4.78. The summed E-state index contributed by atoms with van der Waals surface area (Å²) in [5, 5.41) is 26.4. The van der Waals surface area contributed by atoms with Crippen molar-refractivity contribution in [1.82, 2.24) is 46.5 Å². The number of benzene rings is 2. The molecule has 0 radical (unpaired) electrons. The standard InChI is InChI=1S/C42H54N10O5/c1-25-19-36(40(55)52-23-26(2)45-27(3)24-52)43-22-34(25)30-11-7-28(8-12-30)20-35(39(54)46-33-17-15-31(16-18-33)37-48-50-51-49-37)47-38(53)32-13-9-29(10-14-32)21-44-41(56)57-42(4,5)6/h7-8,11-12,15-19,22,26-27,29,32,35,45H,9-10,13-14,20-21,23-24H2,1-6H3,(H,44,56)(H,46,54)(H,47,53)(H,48,49,50,51). The quantitative estimate of drug-likeness (QED) is 0.137. The largest absolute Gasteiger partial charge is 0.444 e. The molecule has 4 aromatic rings. The van der Waals surface area contributed by atoms with E-state index in [0.717, 1.165) is 40.7 Å². The zero-order valence-electron chi connectivity index (χ0n) is 33.6. The molecule has 15 heteroatoms. The monoisotopic (exact) mass is 778 g/mol. The van der Waals surface area contributed by atoms with Crippen LogP contribution in [0.5, 0.6) is 0 Å². The van der Waals surface area contributed by atoms with E-state index in [1.165, 1.54) is 0 Å². The lowest BCUT2D eigenvalue weighted by Gasteiger charge is -2.36. The molecule has 57 heavy (non-hydrogen) atoms. The molecule has 3 heterocycles. The lowest BCUT2D eigenvalue weighted by Crippen LogP contribution is -2.55. The Kier molecular flexibility index (Phi) is 13.0. The van der Waals surface area contributed by atoms with Crippen LogP contribution in [0.25, 0.3) is 22.5 Å². The molecule has 0 spiro atoms. The summed E-state index contributed by atoms with van der Waals surface area (Å²) in [5.74, 6) is -0.157. The zero-order valence-corrected chi connectivity index (χ0v) is 33.6. The van der Waals surface area contributed by atoms with Crippen molar-refractivity contribution in [2.24, 2.45) is 11.8 Å². The van der Waals surface area contributed by atoms with E-state index in [2.05, 4.69) is 60.7 Å². The lowest BCUT2D eigenvalue weighted by atomic mass is 9.81. The first kappa shape index (κ1) is 40.9. The molecule has 6 rings (SSSR count). The molecule has 1 aliphatic carbocycles. The third kappa shape index (κ3) is 11.2. The summed E-state index contributed by atoms with van der Waals surface area (Å²) in [4.78, 5) is 59.4. The molecule has 5 N–H and O–H groups in total. The molecular formula is C42H54N10O5. The van der Waals surface area contributed by atoms with E-state index in [4.69, 9.17) is 4.74 Å². The average molecular weight is 779 g/mol. The maximum Gasteiger partial charge on any atom is 0.407 e. The number of carbonyl (C=O) groups is 4. The fraction of sp³-hybridized carbons (Fsp3) is 0.476. The Balaban J connectivity index is 1.11. The summed E-state index contributed by atoms with van der Waals surface area (Å²) >= 11 is 0. The van der Waals surface area contributed by atoms with Gasteiger partial charge in [0.2, 0.25) is 17.6 Å². The predicted octanol–water partition coefficient (Wildman–Crippen LogP) is 5.06. The van der Waals surface area contributed by atoms with Gasteiger partial charge in [-0.3, -0.25) is 19.4 Å². The predicted molar refractivity (Wildman–Crippen MR) is 216 cm³/mol. The molecule has 302 valence electrons. The lowest BCUT2D eigenvalue weighted by molar-refractivity contribution is -0.130. The summed E-state index contributed by atoms with van der Waals surface area (Å²) < 4.78 is 5.36. The van der Waals surface area contributed by atoms with Crippen molar-refractivity contribution in [2.75, 3.05) is 25.0 Å². The van der Waals surface area contributed by atoms with Crippen LogP contribution < -0.4 is 21.3 Å². The molecule has 2 fully saturated rings. The van der Waals surface area contributed by atoms with Gasteiger partial charge >= 0.3 is 6.09 Å². The number of tetrazole rings is 1. The molecule has 1 aliphatic heterocycles. The smallest absolute Gasteiger partial charge is 0.407 e. The first-order chi connectivity index (χ1) is 27.2.